The predicted molar refractivity (Wildman–Crippen MR) is 93.6 cm³/mol. The molecule has 0 unspecified atom stereocenters. The normalized spacial score (nSPS) is 22.2. The third-order valence-corrected chi connectivity index (χ3v) is 5.09. The van der Waals surface area contributed by atoms with E-state index >= 15 is 0 Å². The van der Waals surface area contributed by atoms with E-state index < -0.39 is 0 Å². The van der Waals surface area contributed by atoms with Crippen molar-refractivity contribution in [2.45, 2.75) is 25.3 Å². The predicted octanol–water partition coefficient (Wildman–Crippen LogP) is 3.01. The molecule has 1 aromatic carbocycles. The third kappa shape index (κ3) is 3.06. The Morgan fingerprint density at radius 2 is 2.24 bits per heavy atom. The Balaban J connectivity index is 1.51. The highest BCUT2D eigenvalue weighted by molar-refractivity contribution is 5.80. The molecule has 0 spiro atoms. The zero-order valence-corrected chi connectivity index (χ0v) is 14.4. The van der Waals surface area contributed by atoms with E-state index in [4.69, 9.17) is 9.47 Å². The number of hydrogen-bond acceptors (Lipinski definition) is 4. The molecule has 2 atom stereocenters. The van der Waals surface area contributed by atoms with Gasteiger partial charge in [-0.1, -0.05) is 12.1 Å². The van der Waals surface area contributed by atoms with Gasteiger partial charge in [0.05, 0.1) is 24.8 Å². The number of fused-ring (bicyclic) bond motifs is 1. The van der Waals surface area contributed by atoms with Crippen LogP contribution in [0.4, 0.5) is 0 Å². The first-order valence-corrected chi connectivity index (χ1v) is 8.77. The third-order valence-electron chi connectivity index (χ3n) is 5.09. The first-order chi connectivity index (χ1) is 12.3. The van der Waals surface area contributed by atoms with Crippen LogP contribution in [0, 0.1) is 5.92 Å². The van der Waals surface area contributed by atoms with Gasteiger partial charge >= 0.3 is 0 Å². The maximum Gasteiger partial charge on any atom is 0.230 e. The Kier molecular flexibility index (Phi) is 4.30. The number of aromatic nitrogens is 1. The van der Waals surface area contributed by atoms with Gasteiger partial charge in [-0.3, -0.25) is 9.78 Å². The summed E-state index contributed by atoms with van der Waals surface area (Å²) in [4.78, 5) is 19.6. The summed E-state index contributed by atoms with van der Waals surface area (Å²) in [5.41, 5.74) is 2.05. The lowest BCUT2D eigenvalue weighted by Crippen LogP contribution is -2.40. The molecule has 1 amide bonds. The van der Waals surface area contributed by atoms with Gasteiger partial charge in [-0.15, -0.1) is 0 Å². The first kappa shape index (κ1) is 15.9. The van der Waals surface area contributed by atoms with Crippen molar-refractivity contribution < 1.29 is 14.3 Å². The fourth-order valence-corrected chi connectivity index (χ4v) is 3.78. The van der Waals surface area contributed by atoms with E-state index in [-0.39, 0.29) is 17.9 Å². The number of carbonyl (C=O) groups excluding carboxylic acids is 1. The smallest absolute Gasteiger partial charge is 0.230 e. The maximum absolute atomic E-state index is 13.1. The van der Waals surface area contributed by atoms with E-state index in [1.165, 1.54) is 0 Å². The van der Waals surface area contributed by atoms with Crippen LogP contribution in [0.15, 0.2) is 42.6 Å². The van der Waals surface area contributed by atoms with Crippen molar-refractivity contribution in [3.8, 4) is 11.5 Å². The van der Waals surface area contributed by atoms with Crippen molar-refractivity contribution >= 4 is 5.91 Å². The zero-order chi connectivity index (χ0) is 17.2. The monoisotopic (exact) mass is 338 g/mol. The van der Waals surface area contributed by atoms with Gasteiger partial charge in [0, 0.05) is 18.8 Å². The van der Waals surface area contributed by atoms with Crippen LogP contribution in [0.1, 0.15) is 30.1 Å². The fourth-order valence-electron chi connectivity index (χ4n) is 3.78. The molecule has 4 rings (SSSR count). The molecule has 0 radical (unpaired) electrons. The zero-order valence-electron chi connectivity index (χ0n) is 14.4. The van der Waals surface area contributed by atoms with Gasteiger partial charge in [-0.2, -0.15) is 0 Å². The SMILES string of the molecule is COc1ccc2c(c1)OC[C@H](C(=O)N1CCC[C@H]1c1ccccn1)C2. The molecule has 1 saturated heterocycles. The average molecular weight is 338 g/mol. The fraction of sp³-hybridized carbons (Fsp3) is 0.400. The molecule has 1 aromatic heterocycles. The maximum atomic E-state index is 13.1. The summed E-state index contributed by atoms with van der Waals surface area (Å²) in [5, 5.41) is 0. The van der Waals surface area contributed by atoms with Gasteiger partial charge in [0.25, 0.3) is 0 Å². The van der Waals surface area contributed by atoms with Crippen molar-refractivity contribution in [1.29, 1.82) is 0 Å². The minimum atomic E-state index is -0.134. The van der Waals surface area contributed by atoms with E-state index in [1.807, 2.05) is 41.3 Å². The van der Waals surface area contributed by atoms with Crippen molar-refractivity contribution in [2.75, 3.05) is 20.3 Å². The second kappa shape index (κ2) is 6.75. The van der Waals surface area contributed by atoms with Crippen LogP contribution in [0.3, 0.4) is 0 Å². The molecular weight excluding hydrogens is 316 g/mol. The number of nitrogens with zero attached hydrogens (tertiary/aromatic N) is 2. The summed E-state index contributed by atoms with van der Waals surface area (Å²) in [6.45, 7) is 1.22. The molecule has 2 aliphatic heterocycles. The molecule has 0 bridgehead atoms. The number of hydrogen-bond donors (Lipinski definition) is 0. The average Bonchev–Trinajstić information content (AvgIpc) is 3.17. The van der Waals surface area contributed by atoms with Gasteiger partial charge in [0.15, 0.2) is 0 Å². The molecule has 130 valence electrons. The Hall–Kier alpha value is -2.56. The van der Waals surface area contributed by atoms with Crippen molar-refractivity contribution in [3.63, 3.8) is 0 Å². The largest absolute Gasteiger partial charge is 0.497 e. The van der Waals surface area contributed by atoms with E-state index in [0.717, 1.165) is 42.1 Å². The minimum Gasteiger partial charge on any atom is -0.497 e. The number of benzene rings is 1. The van der Waals surface area contributed by atoms with E-state index in [9.17, 15) is 4.79 Å². The number of amides is 1. The van der Waals surface area contributed by atoms with Crippen LogP contribution in [0.5, 0.6) is 11.5 Å². The highest BCUT2D eigenvalue weighted by Crippen LogP contribution is 2.35. The van der Waals surface area contributed by atoms with Crippen LogP contribution in [-0.2, 0) is 11.2 Å². The van der Waals surface area contributed by atoms with Crippen LogP contribution < -0.4 is 9.47 Å². The molecule has 1 fully saturated rings. The Labute approximate surface area is 147 Å². The van der Waals surface area contributed by atoms with Gasteiger partial charge in [-0.25, -0.2) is 0 Å². The number of carbonyl (C=O) groups is 1. The summed E-state index contributed by atoms with van der Waals surface area (Å²) >= 11 is 0. The number of methoxy groups -OCH3 is 1. The highest BCUT2D eigenvalue weighted by Gasteiger charge is 2.36. The molecule has 0 N–H and O–H groups in total. The molecule has 0 aliphatic carbocycles. The second-order valence-electron chi connectivity index (χ2n) is 6.63. The van der Waals surface area contributed by atoms with E-state index in [2.05, 4.69) is 4.98 Å². The molecule has 0 saturated carbocycles. The number of rotatable bonds is 3. The minimum absolute atomic E-state index is 0.0889. The molecular formula is C20H22N2O3. The Bertz CT molecular complexity index is 763. The standard InChI is InChI=1S/C20H22N2O3/c1-24-16-8-7-14-11-15(13-25-19(14)12-16)20(23)22-10-4-6-18(22)17-5-2-3-9-21-17/h2-3,5,7-9,12,15,18H,4,6,10-11,13H2,1H3/t15-,18+/m1/s1. The molecule has 2 aromatic rings. The van der Waals surface area contributed by atoms with Gasteiger partial charge in [0.1, 0.15) is 18.1 Å². The van der Waals surface area contributed by atoms with Crippen LogP contribution in [0.2, 0.25) is 0 Å². The Morgan fingerprint density at radius 3 is 3.04 bits per heavy atom. The number of pyridine rings is 1. The van der Waals surface area contributed by atoms with Crippen LogP contribution in [-0.4, -0.2) is 36.1 Å². The number of likely N-dealkylation sites (tertiary alicyclic amines) is 1. The van der Waals surface area contributed by atoms with Gasteiger partial charge in [-0.05, 0) is 43.0 Å². The summed E-state index contributed by atoms with van der Waals surface area (Å²) < 4.78 is 11.1. The lowest BCUT2D eigenvalue weighted by atomic mass is 9.95. The summed E-state index contributed by atoms with van der Waals surface area (Å²) in [7, 11) is 1.64. The van der Waals surface area contributed by atoms with Crippen molar-refractivity contribution in [1.82, 2.24) is 9.88 Å². The molecule has 2 aliphatic rings. The lowest BCUT2D eigenvalue weighted by molar-refractivity contribution is -0.138. The number of ether oxygens (including phenoxy) is 2. The first-order valence-electron chi connectivity index (χ1n) is 8.77. The quantitative estimate of drug-likeness (QED) is 0.863. The van der Waals surface area contributed by atoms with E-state index in [1.54, 1.807) is 13.3 Å². The summed E-state index contributed by atoms with van der Waals surface area (Å²) in [6, 6.07) is 11.8. The lowest BCUT2D eigenvalue weighted by Gasteiger charge is -2.31. The van der Waals surface area contributed by atoms with Crippen molar-refractivity contribution in [2.24, 2.45) is 5.92 Å². The summed E-state index contributed by atoms with van der Waals surface area (Å²) in [5.74, 6) is 1.64. The van der Waals surface area contributed by atoms with Crippen LogP contribution >= 0.6 is 0 Å². The molecule has 5 nitrogen and oxygen atoms in total. The van der Waals surface area contributed by atoms with Crippen LogP contribution in [0.25, 0.3) is 0 Å². The van der Waals surface area contributed by atoms with Gasteiger partial charge < -0.3 is 14.4 Å². The second-order valence-corrected chi connectivity index (χ2v) is 6.63. The van der Waals surface area contributed by atoms with Gasteiger partial charge in [0.2, 0.25) is 5.91 Å². The van der Waals surface area contributed by atoms with E-state index in [0.29, 0.717) is 13.0 Å². The molecule has 25 heavy (non-hydrogen) atoms. The molecule has 5 heteroatoms. The topological polar surface area (TPSA) is 51.7 Å². The van der Waals surface area contributed by atoms with Crippen molar-refractivity contribution in [3.05, 3.63) is 53.9 Å². The highest BCUT2D eigenvalue weighted by atomic mass is 16.5. The molecule has 3 heterocycles. The summed E-state index contributed by atoms with van der Waals surface area (Å²) in [6.07, 6.45) is 4.51. The Morgan fingerprint density at radius 1 is 1.32 bits per heavy atom.